The lowest BCUT2D eigenvalue weighted by molar-refractivity contribution is 0.114. The third-order valence-electron chi connectivity index (χ3n) is 4.40. The second-order valence-electron chi connectivity index (χ2n) is 6.19. The summed E-state index contributed by atoms with van der Waals surface area (Å²) in [6.45, 7) is 4.08. The van der Waals surface area contributed by atoms with Crippen LogP contribution in [0.5, 0.6) is 5.75 Å². The van der Waals surface area contributed by atoms with Crippen molar-refractivity contribution < 1.29 is 4.74 Å². The summed E-state index contributed by atoms with van der Waals surface area (Å²) in [6.07, 6.45) is 6.43. The Morgan fingerprint density at radius 2 is 1.96 bits per heavy atom. The van der Waals surface area contributed by atoms with E-state index in [1.165, 1.54) is 0 Å². The molecule has 0 atom stereocenters. The molecule has 1 saturated heterocycles. The number of hydrogen-bond donors (Lipinski definition) is 1. The van der Waals surface area contributed by atoms with Crippen LogP contribution in [0.1, 0.15) is 12.8 Å². The van der Waals surface area contributed by atoms with E-state index in [9.17, 15) is 0 Å². The van der Waals surface area contributed by atoms with Gasteiger partial charge in [0.15, 0.2) is 0 Å². The lowest BCUT2D eigenvalue weighted by atomic mass is 10.1. The van der Waals surface area contributed by atoms with Gasteiger partial charge in [0.25, 0.3) is 0 Å². The predicted molar refractivity (Wildman–Crippen MR) is 92.7 cm³/mol. The lowest BCUT2D eigenvalue weighted by Gasteiger charge is -2.29. The Morgan fingerprint density at radius 1 is 1.22 bits per heavy atom. The van der Waals surface area contributed by atoms with E-state index in [1.807, 2.05) is 19.4 Å². The molecule has 0 bridgehead atoms. The van der Waals surface area contributed by atoms with Gasteiger partial charge in [0.2, 0.25) is 0 Å². The molecule has 1 fully saturated rings. The summed E-state index contributed by atoms with van der Waals surface area (Å²) in [5.41, 5.74) is 1.13. The molecule has 23 heavy (non-hydrogen) atoms. The molecule has 3 rings (SSSR count). The smallest absolute Gasteiger partial charge is 0.139 e. The normalized spacial score (nSPS) is 16.6. The standard InChI is InChI=1S/C18H26N4O/c1-19-9-13-22-14-10-20-18(22)15-3-5-16(6-4-15)23-17-7-11-21(2)12-8-17/h3-6,10,14,17,19H,7-9,11-13H2,1-2H3. The first-order chi connectivity index (χ1) is 11.3. The van der Waals surface area contributed by atoms with Gasteiger partial charge in [0.1, 0.15) is 17.7 Å². The van der Waals surface area contributed by atoms with Crippen LogP contribution in [0.4, 0.5) is 0 Å². The molecule has 5 heteroatoms. The van der Waals surface area contributed by atoms with Crippen LogP contribution in [0, 0.1) is 0 Å². The van der Waals surface area contributed by atoms with Crippen molar-refractivity contribution >= 4 is 0 Å². The van der Waals surface area contributed by atoms with Gasteiger partial charge in [0.05, 0.1) is 0 Å². The fourth-order valence-corrected chi connectivity index (χ4v) is 2.96. The molecule has 5 nitrogen and oxygen atoms in total. The summed E-state index contributed by atoms with van der Waals surface area (Å²) in [5.74, 6) is 1.96. The first kappa shape index (κ1) is 16.0. The van der Waals surface area contributed by atoms with Crippen LogP contribution in [0.3, 0.4) is 0 Å². The van der Waals surface area contributed by atoms with Crippen LogP contribution in [0.25, 0.3) is 11.4 Å². The Kier molecular flexibility index (Phi) is 5.31. The van der Waals surface area contributed by atoms with Crippen molar-refractivity contribution in [1.29, 1.82) is 0 Å². The van der Waals surface area contributed by atoms with Crippen LogP contribution in [-0.2, 0) is 6.54 Å². The van der Waals surface area contributed by atoms with Crippen LogP contribution >= 0.6 is 0 Å². The zero-order valence-electron chi connectivity index (χ0n) is 14.0. The number of imidazole rings is 1. The fourth-order valence-electron chi connectivity index (χ4n) is 2.96. The fraction of sp³-hybridized carbons (Fsp3) is 0.500. The number of hydrogen-bond acceptors (Lipinski definition) is 4. The largest absolute Gasteiger partial charge is 0.490 e. The Hall–Kier alpha value is -1.85. The molecule has 0 saturated carbocycles. The van der Waals surface area contributed by atoms with E-state index in [4.69, 9.17) is 4.74 Å². The Morgan fingerprint density at radius 3 is 2.65 bits per heavy atom. The van der Waals surface area contributed by atoms with Gasteiger partial charge in [-0.1, -0.05) is 0 Å². The second-order valence-corrected chi connectivity index (χ2v) is 6.19. The van der Waals surface area contributed by atoms with E-state index in [0.29, 0.717) is 6.10 Å². The number of aromatic nitrogens is 2. The molecule has 1 aliphatic rings. The summed E-state index contributed by atoms with van der Waals surface area (Å²) in [6, 6.07) is 8.32. The van der Waals surface area contributed by atoms with E-state index in [2.05, 4.69) is 51.1 Å². The van der Waals surface area contributed by atoms with Crippen LogP contribution in [0.15, 0.2) is 36.7 Å². The third kappa shape index (κ3) is 4.12. The quantitative estimate of drug-likeness (QED) is 0.888. The molecule has 1 N–H and O–H groups in total. The maximum absolute atomic E-state index is 6.11. The first-order valence-corrected chi connectivity index (χ1v) is 8.37. The zero-order valence-corrected chi connectivity index (χ0v) is 14.0. The molecule has 0 unspecified atom stereocenters. The van der Waals surface area contributed by atoms with Gasteiger partial charge in [-0.25, -0.2) is 4.98 Å². The summed E-state index contributed by atoms with van der Waals surface area (Å²) < 4.78 is 8.28. The highest BCUT2D eigenvalue weighted by Gasteiger charge is 2.18. The minimum absolute atomic E-state index is 0.342. The number of likely N-dealkylation sites (N-methyl/N-ethyl adjacent to an activating group) is 1. The van der Waals surface area contributed by atoms with E-state index in [1.54, 1.807) is 0 Å². The number of benzene rings is 1. The molecule has 0 aliphatic carbocycles. The third-order valence-corrected chi connectivity index (χ3v) is 4.40. The highest BCUT2D eigenvalue weighted by Crippen LogP contribution is 2.23. The molecule has 0 radical (unpaired) electrons. The van der Waals surface area contributed by atoms with Gasteiger partial charge >= 0.3 is 0 Å². The Bertz CT molecular complexity index is 600. The molecular formula is C18H26N4O. The molecule has 2 aromatic rings. The van der Waals surface area contributed by atoms with Gasteiger partial charge in [-0.05, 0) is 51.2 Å². The van der Waals surface area contributed by atoms with E-state index in [-0.39, 0.29) is 0 Å². The summed E-state index contributed by atoms with van der Waals surface area (Å²) in [7, 11) is 4.13. The van der Waals surface area contributed by atoms with Crippen molar-refractivity contribution in [3.8, 4) is 17.1 Å². The topological polar surface area (TPSA) is 42.3 Å². The molecule has 0 amide bonds. The summed E-state index contributed by atoms with van der Waals surface area (Å²) in [4.78, 5) is 6.84. The van der Waals surface area contributed by atoms with Crippen molar-refractivity contribution in [3.63, 3.8) is 0 Å². The van der Waals surface area contributed by atoms with Gasteiger partial charge in [-0.3, -0.25) is 0 Å². The average molecular weight is 314 g/mol. The SMILES string of the molecule is CNCCn1ccnc1-c1ccc(OC2CCN(C)CC2)cc1. The van der Waals surface area contributed by atoms with E-state index < -0.39 is 0 Å². The Balaban J connectivity index is 1.64. The first-order valence-electron chi connectivity index (χ1n) is 8.37. The minimum Gasteiger partial charge on any atom is -0.490 e. The molecule has 1 aliphatic heterocycles. The maximum atomic E-state index is 6.11. The van der Waals surface area contributed by atoms with Gasteiger partial charge in [0, 0.05) is 44.1 Å². The van der Waals surface area contributed by atoms with E-state index >= 15 is 0 Å². The second kappa shape index (κ2) is 7.62. The van der Waals surface area contributed by atoms with Crippen molar-refractivity contribution in [2.45, 2.75) is 25.5 Å². The lowest BCUT2D eigenvalue weighted by Crippen LogP contribution is -2.35. The molecular weight excluding hydrogens is 288 g/mol. The summed E-state index contributed by atoms with van der Waals surface area (Å²) in [5, 5.41) is 3.17. The highest BCUT2D eigenvalue weighted by molar-refractivity contribution is 5.56. The number of piperidine rings is 1. The number of rotatable bonds is 6. The van der Waals surface area contributed by atoms with Crippen LogP contribution in [0.2, 0.25) is 0 Å². The minimum atomic E-state index is 0.342. The maximum Gasteiger partial charge on any atom is 0.139 e. The van der Waals surface area contributed by atoms with Gasteiger partial charge in [-0.15, -0.1) is 0 Å². The van der Waals surface area contributed by atoms with Crippen LogP contribution < -0.4 is 10.1 Å². The zero-order chi connectivity index (χ0) is 16.1. The van der Waals surface area contributed by atoms with Crippen molar-refractivity contribution in [1.82, 2.24) is 19.8 Å². The molecule has 124 valence electrons. The number of nitrogens with zero attached hydrogens (tertiary/aromatic N) is 3. The molecule has 1 aromatic heterocycles. The average Bonchev–Trinajstić information content (AvgIpc) is 3.04. The van der Waals surface area contributed by atoms with Crippen molar-refractivity contribution in [3.05, 3.63) is 36.7 Å². The highest BCUT2D eigenvalue weighted by atomic mass is 16.5. The van der Waals surface area contributed by atoms with E-state index in [0.717, 1.165) is 56.2 Å². The van der Waals surface area contributed by atoms with Crippen molar-refractivity contribution in [2.75, 3.05) is 33.7 Å². The predicted octanol–water partition coefficient (Wildman–Crippen LogP) is 2.24. The summed E-state index contributed by atoms with van der Waals surface area (Å²) >= 11 is 0. The molecule has 2 heterocycles. The van der Waals surface area contributed by atoms with Crippen LogP contribution in [-0.4, -0.2) is 54.3 Å². The van der Waals surface area contributed by atoms with Gasteiger partial charge < -0.3 is 19.5 Å². The molecule has 0 spiro atoms. The number of likely N-dealkylation sites (tertiary alicyclic amines) is 1. The number of ether oxygens (including phenoxy) is 1. The Labute approximate surface area is 138 Å². The molecule has 1 aromatic carbocycles. The van der Waals surface area contributed by atoms with Gasteiger partial charge in [-0.2, -0.15) is 0 Å². The monoisotopic (exact) mass is 314 g/mol. The number of nitrogens with one attached hydrogen (secondary N) is 1. The van der Waals surface area contributed by atoms with Crippen molar-refractivity contribution in [2.24, 2.45) is 0 Å².